The van der Waals surface area contributed by atoms with Crippen LogP contribution in [0.4, 0.5) is 0 Å². The molecule has 0 N–H and O–H groups in total. The fraction of sp³-hybridized carbons (Fsp3) is 0.316. The summed E-state index contributed by atoms with van der Waals surface area (Å²) in [5.41, 5.74) is 3.29. The fourth-order valence-electron chi connectivity index (χ4n) is 2.93. The van der Waals surface area contributed by atoms with E-state index in [0.29, 0.717) is 17.4 Å². The molecule has 128 valence electrons. The second kappa shape index (κ2) is 5.88. The monoisotopic (exact) mass is 336 g/mol. The summed E-state index contributed by atoms with van der Waals surface area (Å²) < 4.78 is 7.18. The molecular formula is C19H20N4O2. The van der Waals surface area contributed by atoms with Gasteiger partial charge in [-0.15, -0.1) is 5.10 Å². The summed E-state index contributed by atoms with van der Waals surface area (Å²) in [7, 11) is 5.13. The number of rotatable bonds is 4. The van der Waals surface area contributed by atoms with Gasteiger partial charge in [0.2, 0.25) is 5.88 Å². The van der Waals surface area contributed by atoms with Crippen molar-refractivity contribution in [3.63, 3.8) is 0 Å². The van der Waals surface area contributed by atoms with E-state index >= 15 is 0 Å². The van der Waals surface area contributed by atoms with Crippen molar-refractivity contribution in [1.29, 1.82) is 0 Å². The lowest BCUT2D eigenvalue weighted by molar-refractivity contribution is 0.0827. The Hall–Kier alpha value is -2.89. The lowest BCUT2D eigenvalue weighted by Gasteiger charge is -2.12. The second-order valence-corrected chi connectivity index (χ2v) is 6.55. The van der Waals surface area contributed by atoms with Crippen molar-refractivity contribution in [2.75, 3.05) is 21.2 Å². The summed E-state index contributed by atoms with van der Waals surface area (Å²) in [6.07, 6.45) is 2.28. The van der Waals surface area contributed by atoms with Crippen LogP contribution in [0.15, 0.2) is 36.4 Å². The van der Waals surface area contributed by atoms with Gasteiger partial charge < -0.3 is 9.64 Å². The molecule has 2 aromatic heterocycles. The van der Waals surface area contributed by atoms with Crippen LogP contribution in [-0.2, 0) is 0 Å². The van der Waals surface area contributed by atoms with Gasteiger partial charge in [0.25, 0.3) is 5.91 Å². The Morgan fingerprint density at radius 2 is 2.04 bits per heavy atom. The maximum Gasteiger partial charge on any atom is 0.253 e. The van der Waals surface area contributed by atoms with E-state index in [4.69, 9.17) is 9.72 Å². The highest BCUT2D eigenvalue weighted by Gasteiger charge is 2.29. The van der Waals surface area contributed by atoms with E-state index in [1.165, 1.54) is 0 Å². The molecular weight excluding hydrogens is 316 g/mol. The van der Waals surface area contributed by atoms with Gasteiger partial charge in [-0.25, -0.2) is 4.98 Å². The van der Waals surface area contributed by atoms with Gasteiger partial charge in [0.1, 0.15) is 0 Å². The number of fused-ring (bicyclic) bond motifs is 1. The smallest absolute Gasteiger partial charge is 0.253 e. The molecule has 25 heavy (non-hydrogen) atoms. The average molecular weight is 336 g/mol. The molecule has 0 saturated heterocycles. The van der Waals surface area contributed by atoms with Crippen molar-refractivity contribution in [3.05, 3.63) is 47.8 Å². The molecule has 1 fully saturated rings. The van der Waals surface area contributed by atoms with Gasteiger partial charge >= 0.3 is 0 Å². The second-order valence-electron chi connectivity index (χ2n) is 6.55. The Bertz CT molecular complexity index is 957. The Kier molecular flexibility index (Phi) is 3.67. The molecule has 1 saturated carbocycles. The third kappa shape index (κ3) is 2.73. The van der Waals surface area contributed by atoms with E-state index in [9.17, 15) is 4.79 Å². The SMILES string of the molecule is COc1ccc(-c2cccc(C(=O)N(C)C)c2)c2nc(C3CC3)nn12. The molecule has 0 bridgehead atoms. The molecule has 1 aromatic carbocycles. The predicted molar refractivity (Wildman–Crippen MR) is 95.0 cm³/mol. The van der Waals surface area contributed by atoms with Crippen LogP contribution in [-0.4, -0.2) is 46.6 Å². The van der Waals surface area contributed by atoms with Crippen molar-refractivity contribution >= 4 is 11.6 Å². The Morgan fingerprint density at radius 1 is 1.24 bits per heavy atom. The number of hydrogen-bond acceptors (Lipinski definition) is 4. The van der Waals surface area contributed by atoms with Crippen LogP contribution in [0.25, 0.3) is 16.8 Å². The van der Waals surface area contributed by atoms with Crippen molar-refractivity contribution < 1.29 is 9.53 Å². The number of amides is 1. The summed E-state index contributed by atoms with van der Waals surface area (Å²) >= 11 is 0. The molecule has 0 aliphatic heterocycles. The number of ether oxygens (including phenoxy) is 1. The van der Waals surface area contributed by atoms with Crippen LogP contribution >= 0.6 is 0 Å². The van der Waals surface area contributed by atoms with Gasteiger partial charge in [-0.1, -0.05) is 12.1 Å². The number of carbonyl (C=O) groups is 1. The fourth-order valence-corrected chi connectivity index (χ4v) is 2.93. The molecule has 0 radical (unpaired) electrons. The number of methoxy groups -OCH3 is 1. The Labute approximate surface area is 146 Å². The van der Waals surface area contributed by atoms with Crippen LogP contribution in [0.5, 0.6) is 5.88 Å². The van der Waals surface area contributed by atoms with Crippen molar-refractivity contribution in [2.24, 2.45) is 0 Å². The minimum atomic E-state index is -0.0217. The number of benzene rings is 1. The lowest BCUT2D eigenvalue weighted by Crippen LogP contribution is -2.21. The van der Waals surface area contributed by atoms with Gasteiger partial charge in [0, 0.05) is 37.2 Å². The lowest BCUT2D eigenvalue weighted by atomic mass is 10.0. The third-order valence-electron chi connectivity index (χ3n) is 4.44. The van der Waals surface area contributed by atoms with Crippen molar-refractivity contribution in [1.82, 2.24) is 19.5 Å². The van der Waals surface area contributed by atoms with Gasteiger partial charge in [0.15, 0.2) is 11.5 Å². The molecule has 1 aliphatic carbocycles. The predicted octanol–water partition coefficient (Wildman–Crippen LogP) is 2.98. The zero-order chi connectivity index (χ0) is 17.6. The van der Waals surface area contributed by atoms with Crippen molar-refractivity contribution in [2.45, 2.75) is 18.8 Å². The van der Waals surface area contributed by atoms with Crippen LogP contribution < -0.4 is 4.74 Å². The molecule has 6 heteroatoms. The topological polar surface area (TPSA) is 59.7 Å². The van der Waals surface area contributed by atoms with E-state index in [2.05, 4.69) is 5.10 Å². The van der Waals surface area contributed by atoms with Crippen LogP contribution in [0.1, 0.15) is 34.9 Å². The molecule has 2 heterocycles. The highest BCUT2D eigenvalue weighted by Crippen LogP contribution is 2.39. The number of pyridine rings is 1. The minimum Gasteiger partial charge on any atom is -0.481 e. The van der Waals surface area contributed by atoms with Crippen LogP contribution in [0.3, 0.4) is 0 Å². The van der Waals surface area contributed by atoms with Crippen LogP contribution in [0.2, 0.25) is 0 Å². The van der Waals surface area contributed by atoms with E-state index < -0.39 is 0 Å². The number of carbonyl (C=O) groups excluding carboxylic acids is 1. The minimum absolute atomic E-state index is 0.0217. The summed E-state index contributed by atoms with van der Waals surface area (Å²) in [6.45, 7) is 0. The zero-order valence-electron chi connectivity index (χ0n) is 14.6. The highest BCUT2D eigenvalue weighted by molar-refractivity contribution is 5.95. The van der Waals surface area contributed by atoms with E-state index in [1.807, 2.05) is 36.4 Å². The maximum absolute atomic E-state index is 12.3. The average Bonchev–Trinajstić information content (AvgIpc) is 3.38. The van der Waals surface area contributed by atoms with Gasteiger partial charge in [0.05, 0.1) is 7.11 Å². The summed E-state index contributed by atoms with van der Waals surface area (Å²) in [6, 6.07) is 11.5. The molecule has 0 unspecified atom stereocenters. The molecule has 4 rings (SSSR count). The molecule has 0 atom stereocenters. The first-order valence-electron chi connectivity index (χ1n) is 8.34. The summed E-state index contributed by atoms with van der Waals surface area (Å²) in [5, 5.41) is 4.62. The summed E-state index contributed by atoms with van der Waals surface area (Å²) in [4.78, 5) is 18.6. The maximum atomic E-state index is 12.3. The third-order valence-corrected chi connectivity index (χ3v) is 4.44. The molecule has 1 amide bonds. The number of hydrogen-bond donors (Lipinski definition) is 0. The standard InChI is InChI=1S/C19H20N4O2/c1-22(2)19(24)14-6-4-5-13(11-14)15-9-10-16(25-3)23-18(15)20-17(21-23)12-7-8-12/h4-6,9-12H,7-8H2,1-3H3. The van der Waals surface area contributed by atoms with E-state index in [-0.39, 0.29) is 5.91 Å². The summed E-state index contributed by atoms with van der Waals surface area (Å²) in [5.74, 6) is 1.95. The first kappa shape index (κ1) is 15.6. The first-order chi connectivity index (χ1) is 12.1. The van der Waals surface area contributed by atoms with E-state index in [0.717, 1.165) is 35.4 Å². The molecule has 6 nitrogen and oxygen atoms in total. The van der Waals surface area contributed by atoms with Gasteiger partial charge in [-0.05, 0) is 36.6 Å². The van der Waals surface area contributed by atoms with Crippen molar-refractivity contribution in [3.8, 4) is 17.0 Å². The Balaban J connectivity index is 1.86. The molecule has 3 aromatic rings. The Morgan fingerprint density at radius 3 is 2.72 bits per heavy atom. The molecule has 0 spiro atoms. The number of nitrogens with zero attached hydrogens (tertiary/aromatic N) is 4. The van der Waals surface area contributed by atoms with Crippen LogP contribution in [0, 0.1) is 0 Å². The highest BCUT2D eigenvalue weighted by atomic mass is 16.5. The quantitative estimate of drug-likeness (QED) is 0.735. The zero-order valence-corrected chi connectivity index (χ0v) is 14.6. The van der Waals surface area contributed by atoms with Gasteiger partial charge in [-0.2, -0.15) is 4.52 Å². The first-order valence-corrected chi connectivity index (χ1v) is 8.34. The number of aromatic nitrogens is 3. The van der Waals surface area contributed by atoms with Gasteiger partial charge in [-0.3, -0.25) is 4.79 Å². The largest absolute Gasteiger partial charge is 0.481 e. The molecule has 1 aliphatic rings. The normalized spacial score (nSPS) is 13.9. The van der Waals surface area contributed by atoms with E-state index in [1.54, 1.807) is 30.6 Å².